The van der Waals surface area contributed by atoms with Crippen molar-refractivity contribution in [1.82, 2.24) is 13.9 Å². The van der Waals surface area contributed by atoms with Crippen LogP contribution in [0.3, 0.4) is 0 Å². The number of nitrogens with zero attached hydrogens (tertiary/aromatic N) is 3. The maximum Gasteiger partial charge on any atom is 0.324 e. The van der Waals surface area contributed by atoms with Crippen molar-refractivity contribution in [3.05, 3.63) is 17.7 Å². The van der Waals surface area contributed by atoms with Crippen LogP contribution in [-0.2, 0) is 39.1 Å². The molecule has 0 unspecified atom stereocenters. The summed E-state index contributed by atoms with van der Waals surface area (Å²) in [5.41, 5.74) is 1.66. The predicted octanol–water partition coefficient (Wildman–Crippen LogP) is 0.933. The Morgan fingerprint density at radius 2 is 2.14 bits per heavy atom. The van der Waals surface area contributed by atoms with Crippen LogP contribution in [0.1, 0.15) is 38.1 Å². The summed E-state index contributed by atoms with van der Waals surface area (Å²) in [6, 6.07) is -0.820. The third kappa shape index (κ3) is 3.17. The Labute approximate surface area is 131 Å². The highest BCUT2D eigenvalue weighted by Crippen LogP contribution is 2.26. The van der Waals surface area contributed by atoms with Crippen molar-refractivity contribution >= 4 is 16.0 Å². The van der Waals surface area contributed by atoms with E-state index in [9.17, 15) is 13.2 Å². The summed E-state index contributed by atoms with van der Waals surface area (Å²) in [5.74, 6) is -0.507. The van der Waals surface area contributed by atoms with E-state index in [0.29, 0.717) is 6.42 Å². The van der Waals surface area contributed by atoms with E-state index in [-0.39, 0.29) is 18.7 Å². The molecule has 1 aromatic heterocycles. The number of imidazole rings is 1. The third-order valence-corrected chi connectivity index (χ3v) is 5.85. The van der Waals surface area contributed by atoms with Gasteiger partial charge in [-0.1, -0.05) is 13.8 Å². The fraction of sp³-hybridized carbons (Fsp3) is 0.714. The van der Waals surface area contributed by atoms with Gasteiger partial charge >= 0.3 is 5.97 Å². The molecule has 1 aromatic rings. The van der Waals surface area contributed by atoms with E-state index in [1.807, 2.05) is 4.57 Å². The maximum absolute atomic E-state index is 12.5. The number of carbonyl (C=O) groups excluding carboxylic acids is 1. The van der Waals surface area contributed by atoms with Gasteiger partial charge in [0, 0.05) is 13.0 Å². The van der Waals surface area contributed by atoms with Gasteiger partial charge in [0.1, 0.15) is 6.04 Å². The number of rotatable bonds is 6. The lowest BCUT2D eigenvalue weighted by atomic mass is 10.1. The Bertz CT molecular complexity index is 639. The van der Waals surface area contributed by atoms with Gasteiger partial charge in [0.2, 0.25) is 10.0 Å². The van der Waals surface area contributed by atoms with E-state index >= 15 is 0 Å². The molecule has 0 spiro atoms. The molecule has 0 amide bonds. The van der Waals surface area contributed by atoms with E-state index in [1.165, 1.54) is 11.4 Å². The molecule has 1 aliphatic rings. The quantitative estimate of drug-likeness (QED) is 0.725. The highest BCUT2D eigenvalue weighted by Gasteiger charge is 2.40. The van der Waals surface area contributed by atoms with E-state index < -0.39 is 22.0 Å². The number of fused-ring (bicyclic) bond motifs is 1. The SMILES string of the molecule is CCCn1cnc2c1CN(S(=O)(=O)CCC)[C@H](C(=O)OC)C2. The molecule has 0 saturated heterocycles. The van der Waals surface area contributed by atoms with Crippen LogP contribution in [0.4, 0.5) is 0 Å². The Hall–Kier alpha value is -1.41. The maximum atomic E-state index is 12.5. The molecule has 0 N–H and O–H groups in total. The van der Waals surface area contributed by atoms with Crippen LogP contribution in [0, 0.1) is 0 Å². The molecule has 2 rings (SSSR count). The van der Waals surface area contributed by atoms with Crippen LogP contribution < -0.4 is 0 Å². The van der Waals surface area contributed by atoms with Crippen molar-refractivity contribution in [3.8, 4) is 0 Å². The number of esters is 1. The van der Waals surface area contributed by atoms with E-state index in [1.54, 1.807) is 13.3 Å². The van der Waals surface area contributed by atoms with E-state index in [0.717, 1.165) is 24.4 Å². The van der Waals surface area contributed by atoms with Crippen LogP contribution in [0.5, 0.6) is 0 Å². The number of carbonyl (C=O) groups is 1. The lowest BCUT2D eigenvalue weighted by Crippen LogP contribution is -2.50. The van der Waals surface area contributed by atoms with Gasteiger partial charge in [0.25, 0.3) is 0 Å². The zero-order valence-corrected chi connectivity index (χ0v) is 14.1. The standard InChI is InChI=1S/C14H23N3O4S/c1-4-6-16-10-15-11-8-12(14(18)21-3)17(9-13(11)16)22(19,20)7-5-2/h10,12H,4-9H2,1-3H3/t12-/m0/s1. The average Bonchev–Trinajstić information content (AvgIpc) is 2.88. The molecule has 0 saturated carbocycles. The normalized spacial score (nSPS) is 19.0. The molecule has 0 fully saturated rings. The van der Waals surface area contributed by atoms with E-state index in [4.69, 9.17) is 4.74 Å². The van der Waals surface area contributed by atoms with Crippen molar-refractivity contribution in [3.63, 3.8) is 0 Å². The first-order chi connectivity index (χ1) is 10.4. The van der Waals surface area contributed by atoms with Crippen molar-refractivity contribution in [1.29, 1.82) is 0 Å². The van der Waals surface area contributed by atoms with Gasteiger partial charge in [-0.25, -0.2) is 13.4 Å². The molecule has 0 aromatic carbocycles. The van der Waals surface area contributed by atoms with Gasteiger partial charge < -0.3 is 9.30 Å². The van der Waals surface area contributed by atoms with Gasteiger partial charge in [0.15, 0.2) is 0 Å². The first-order valence-electron chi connectivity index (χ1n) is 7.54. The summed E-state index contributed by atoms with van der Waals surface area (Å²) >= 11 is 0. The number of aryl methyl sites for hydroxylation is 1. The second-order valence-electron chi connectivity index (χ2n) is 5.44. The molecule has 1 aliphatic heterocycles. The summed E-state index contributed by atoms with van der Waals surface area (Å²) in [4.78, 5) is 16.3. The van der Waals surface area contributed by atoms with Crippen LogP contribution in [0.25, 0.3) is 0 Å². The molecule has 8 heteroatoms. The summed E-state index contributed by atoms with van der Waals surface area (Å²) in [6.07, 6.45) is 3.43. The number of sulfonamides is 1. The minimum Gasteiger partial charge on any atom is -0.468 e. The zero-order valence-electron chi connectivity index (χ0n) is 13.3. The lowest BCUT2D eigenvalue weighted by molar-refractivity contribution is -0.145. The van der Waals surface area contributed by atoms with Gasteiger partial charge in [-0.2, -0.15) is 4.31 Å². The summed E-state index contributed by atoms with van der Waals surface area (Å²) < 4.78 is 33.0. The molecular weight excluding hydrogens is 306 g/mol. The van der Waals surface area contributed by atoms with Crippen LogP contribution >= 0.6 is 0 Å². The Morgan fingerprint density at radius 3 is 2.73 bits per heavy atom. The Morgan fingerprint density at radius 1 is 1.41 bits per heavy atom. The number of ether oxygens (including phenoxy) is 1. The van der Waals surface area contributed by atoms with Crippen LogP contribution in [0.15, 0.2) is 6.33 Å². The van der Waals surface area contributed by atoms with Gasteiger partial charge in [-0.15, -0.1) is 0 Å². The Kier molecular flexibility index (Phi) is 5.23. The van der Waals surface area contributed by atoms with Gasteiger partial charge in [-0.05, 0) is 12.8 Å². The van der Waals surface area contributed by atoms with Crippen molar-refractivity contribution < 1.29 is 17.9 Å². The summed E-state index contributed by atoms with van der Waals surface area (Å²) in [5, 5.41) is 0. The molecule has 2 heterocycles. The van der Waals surface area contributed by atoms with Gasteiger partial charge in [0.05, 0.1) is 37.1 Å². The minimum atomic E-state index is -3.50. The number of aromatic nitrogens is 2. The summed E-state index contributed by atoms with van der Waals surface area (Å²) in [7, 11) is -2.22. The van der Waals surface area contributed by atoms with Crippen LogP contribution in [-0.4, -0.2) is 47.1 Å². The molecular formula is C14H23N3O4S. The van der Waals surface area contributed by atoms with Crippen molar-refractivity contribution in [2.75, 3.05) is 12.9 Å². The Balaban J connectivity index is 2.40. The number of hydrogen-bond donors (Lipinski definition) is 0. The number of methoxy groups -OCH3 is 1. The minimum absolute atomic E-state index is 0.0255. The molecule has 1 atom stereocenters. The second kappa shape index (κ2) is 6.78. The zero-order chi connectivity index (χ0) is 16.3. The molecule has 0 aliphatic carbocycles. The van der Waals surface area contributed by atoms with E-state index in [2.05, 4.69) is 11.9 Å². The first-order valence-corrected chi connectivity index (χ1v) is 9.15. The fourth-order valence-electron chi connectivity index (χ4n) is 2.78. The largest absolute Gasteiger partial charge is 0.468 e. The first kappa shape index (κ1) is 17.0. The fourth-order valence-corrected chi connectivity index (χ4v) is 4.40. The topological polar surface area (TPSA) is 81.5 Å². The molecule has 0 bridgehead atoms. The van der Waals surface area contributed by atoms with Crippen LogP contribution in [0.2, 0.25) is 0 Å². The summed E-state index contributed by atoms with van der Waals surface area (Å²) in [6.45, 7) is 4.82. The monoisotopic (exact) mass is 329 g/mol. The molecule has 22 heavy (non-hydrogen) atoms. The molecule has 124 valence electrons. The predicted molar refractivity (Wildman–Crippen MR) is 81.6 cm³/mol. The number of hydrogen-bond acceptors (Lipinski definition) is 5. The van der Waals surface area contributed by atoms with Crippen molar-refractivity contribution in [2.24, 2.45) is 0 Å². The lowest BCUT2D eigenvalue weighted by Gasteiger charge is -2.32. The average molecular weight is 329 g/mol. The second-order valence-corrected chi connectivity index (χ2v) is 7.48. The highest BCUT2D eigenvalue weighted by molar-refractivity contribution is 7.89. The third-order valence-electron chi connectivity index (χ3n) is 3.83. The smallest absolute Gasteiger partial charge is 0.324 e. The highest BCUT2D eigenvalue weighted by atomic mass is 32.2. The molecule has 0 radical (unpaired) electrons. The van der Waals surface area contributed by atoms with Crippen molar-refractivity contribution in [2.45, 2.75) is 52.2 Å². The molecule has 7 nitrogen and oxygen atoms in total. The van der Waals surface area contributed by atoms with Gasteiger partial charge in [-0.3, -0.25) is 4.79 Å².